The molecule has 0 amide bonds. The first-order valence-electron chi connectivity index (χ1n) is 4.61. The van der Waals surface area contributed by atoms with Crippen LogP contribution >= 0.6 is 0 Å². The molecule has 0 unspecified atom stereocenters. The Hall–Kier alpha value is -1.23. The lowest BCUT2D eigenvalue weighted by Gasteiger charge is -2.06. The summed E-state index contributed by atoms with van der Waals surface area (Å²) in [7, 11) is 3.42. The number of aromatic nitrogens is 2. The highest BCUT2D eigenvalue weighted by atomic mass is 16.5. The Morgan fingerprint density at radius 3 is 2.79 bits per heavy atom. The van der Waals surface area contributed by atoms with E-state index in [1.165, 1.54) is 0 Å². The van der Waals surface area contributed by atoms with Gasteiger partial charge in [0.25, 0.3) is 5.88 Å². The zero-order valence-electron chi connectivity index (χ0n) is 8.91. The molecule has 2 N–H and O–H groups in total. The first-order valence-corrected chi connectivity index (χ1v) is 4.61. The number of aryl methyl sites for hydroxylation is 2. The SMILES string of the molecule is COc1c(OCCCN)c(C)nn1C. The van der Waals surface area contributed by atoms with Crippen molar-refractivity contribution in [2.45, 2.75) is 13.3 Å². The largest absolute Gasteiger partial charge is 0.486 e. The number of rotatable bonds is 5. The van der Waals surface area contributed by atoms with E-state index >= 15 is 0 Å². The maximum Gasteiger partial charge on any atom is 0.255 e. The molecule has 0 bridgehead atoms. The van der Waals surface area contributed by atoms with Crippen LogP contribution in [0.5, 0.6) is 11.6 Å². The quantitative estimate of drug-likeness (QED) is 0.700. The summed E-state index contributed by atoms with van der Waals surface area (Å²) >= 11 is 0. The number of hydrogen-bond acceptors (Lipinski definition) is 4. The second-order valence-electron chi connectivity index (χ2n) is 3.04. The van der Waals surface area contributed by atoms with Gasteiger partial charge in [-0.05, 0) is 19.9 Å². The van der Waals surface area contributed by atoms with Crippen molar-refractivity contribution in [3.63, 3.8) is 0 Å². The van der Waals surface area contributed by atoms with Crippen molar-refractivity contribution in [2.24, 2.45) is 12.8 Å². The van der Waals surface area contributed by atoms with E-state index in [-0.39, 0.29) is 0 Å². The Morgan fingerprint density at radius 1 is 1.50 bits per heavy atom. The molecule has 1 heterocycles. The second kappa shape index (κ2) is 4.85. The smallest absolute Gasteiger partial charge is 0.255 e. The van der Waals surface area contributed by atoms with Crippen molar-refractivity contribution in [3.05, 3.63) is 5.69 Å². The minimum absolute atomic E-state index is 0.597. The van der Waals surface area contributed by atoms with Gasteiger partial charge >= 0.3 is 0 Å². The van der Waals surface area contributed by atoms with Gasteiger partial charge in [0.2, 0.25) is 5.75 Å². The number of nitrogens with two attached hydrogens (primary N) is 1. The summed E-state index contributed by atoms with van der Waals surface area (Å²) in [6.07, 6.45) is 0.831. The summed E-state index contributed by atoms with van der Waals surface area (Å²) < 4.78 is 12.4. The van der Waals surface area contributed by atoms with E-state index in [9.17, 15) is 0 Å². The number of ether oxygens (including phenoxy) is 2. The molecule has 0 spiro atoms. The minimum atomic E-state index is 0.597. The van der Waals surface area contributed by atoms with Gasteiger partial charge in [0.1, 0.15) is 5.69 Å². The van der Waals surface area contributed by atoms with E-state index < -0.39 is 0 Å². The highest BCUT2D eigenvalue weighted by molar-refractivity contribution is 5.38. The van der Waals surface area contributed by atoms with E-state index in [1.54, 1.807) is 11.8 Å². The third kappa shape index (κ3) is 2.17. The molecule has 80 valence electrons. The van der Waals surface area contributed by atoms with Crippen LogP contribution in [0.4, 0.5) is 0 Å². The van der Waals surface area contributed by atoms with E-state index in [0.29, 0.717) is 24.8 Å². The molecular weight excluding hydrogens is 182 g/mol. The summed E-state index contributed by atoms with van der Waals surface area (Å²) in [5.41, 5.74) is 6.21. The Kier molecular flexibility index (Phi) is 3.76. The van der Waals surface area contributed by atoms with Crippen LogP contribution in [0, 0.1) is 6.92 Å². The monoisotopic (exact) mass is 199 g/mol. The lowest BCUT2D eigenvalue weighted by molar-refractivity contribution is 0.283. The van der Waals surface area contributed by atoms with Gasteiger partial charge in [0, 0.05) is 7.05 Å². The Balaban J connectivity index is 2.73. The number of nitrogens with zero attached hydrogens (tertiary/aromatic N) is 2. The highest BCUT2D eigenvalue weighted by Crippen LogP contribution is 2.29. The zero-order chi connectivity index (χ0) is 10.6. The molecule has 14 heavy (non-hydrogen) atoms. The van der Waals surface area contributed by atoms with Crippen molar-refractivity contribution in [2.75, 3.05) is 20.3 Å². The molecule has 5 heteroatoms. The van der Waals surface area contributed by atoms with Crippen molar-refractivity contribution in [1.29, 1.82) is 0 Å². The van der Waals surface area contributed by atoms with E-state index in [0.717, 1.165) is 12.1 Å². The van der Waals surface area contributed by atoms with Crippen LogP contribution in [0.1, 0.15) is 12.1 Å². The lowest BCUT2D eigenvalue weighted by atomic mass is 10.4. The van der Waals surface area contributed by atoms with Gasteiger partial charge in [-0.1, -0.05) is 0 Å². The maximum atomic E-state index is 5.53. The first-order chi connectivity index (χ1) is 6.70. The summed E-state index contributed by atoms with van der Waals surface area (Å²) in [5.74, 6) is 1.36. The van der Waals surface area contributed by atoms with E-state index in [1.807, 2.05) is 14.0 Å². The molecular formula is C9H17N3O2. The highest BCUT2D eigenvalue weighted by Gasteiger charge is 2.14. The topological polar surface area (TPSA) is 62.3 Å². The van der Waals surface area contributed by atoms with Crippen LogP contribution in [-0.4, -0.2) is 30.0 Å². The molecule has 0 aromatic carbocycles. The maximum absolute atomic E-state index is 5.53. The van der Waals surface area contributed by atoms with Crippen LogP contribution < -0.4 is 15.2 Å². The third-order valence-electron chi connectivity index (χ3n) is 1.90. The van der Waals surface area contributed by atoms with Gasteiger partial charge in [-0.2, -0.15) is 5.10 Å². The molecule has 5 nitrogen and oxygen atoms in total. The Bertz CT molecular complexity index is 296. The first kappa shape index (κ1) is 10.8. The molecule has 1 aromatic heterocycles. The van der Waals surface area contributed by atoms with Crippen LogP contribution in [-0.2, 0) is 7.05 Å². The summed E-state index contributed by atoms with van der Waals surface area (Å²) in [6.45, 7) is 3.11. The summed E-state index contributed by atoms with van der Waals surface area (Å²) in [4.78, 5) is 0. The Morgan fingerprint density at radius 2 is 2.21 bits per heavy atom. The van der Waals surface area contributed by atoms with E-state index in [2.05, 4.69) is 5.10 Å². The minimum Gasteiger partial charge on any atom is -0.486 e. The molecule has 0 atom stereocenters. The Labute approximate surface area is 83.8 Å². The van der Waals surface area contributed by atoms with Crippen LogP contribution in [0.3, 0.4) is 0 Å². The van der Waals surface area contributed by atoms with E-state index in [4.69, 9.17) is 15.2 Å². The average molecular weight is 199 g/mol. The summed E-state index contributed by atoms with van der Waals surface area (Å²) in [5, 5.41) is 4.20. The molecule has 0 fully saturated rings. The average Bonchev–Trinajstić information content (AvgIpc) is 2.42. The normalized spacial score (nSPS) is 10.3. The predicted octanol–water partition coefficient (Wildman–Crippen LogP) is 0.465. The third-order valence-corrected chi connectivity index (χ3v) is 1.90. The molecule has 0 saturated heterocycles. The lowest BCUT2D eigenvalue weighted by Crippen LogP contribution is -2.07. The van der Waals surface area contributed by atoms with Crippen LogP contribution in [0.2, 0.25) is 0 Å². The van der Waals surface area contributed by atoms with Gasteiger partial charge in [-0.25, -0.2) is 4.68 Å². The predicted molar refractivity (Wildman–Crippen MR) is 53.7 cm³/mol. The van der Waals surface area contributed by atoms with Gasteiger partial charge in [-0.15, -0.1) is 0 Å². The summed E-state index contributed by atoms with van der Waals surface area (Å²) in [6, 6.07) is 0. The fraction of sp³-hybridized carbons (Fsp3) is 0.667. The molecule has 0 aliphatic rings. The second-order valence-corrected chi connectivity index (χ2v) is 3.04. The van der Waals surface area contributed by atoms with Crippen molar-refractivity contribution >= 4 is 0 Å². The number of hydrogen-bond donors (Lipinski definition) is 1. The van der Waals surface area contributed by atoms with Crippen molar-refractivity contribution < 1.29 is 9.47 Å². The fourth-order valence-electron chi connectivity index (χ4n) is 1.27. The zero-order valence-corrected chi connectivity index (χ0v) is 8.91. The standard InChI is InChI=1S/C9H17N3O2/c1-7-8(14-6-4-5-10)9(13-3)12(2)11-7/h4-6,10H2,1-3H3. The molecule has 0 radical (unpaired) electrons. The molecule has 0 aliphatic heterocycles. The van der Waals surface area contributed by atoms with Gasteiger partial charge in [0.15, 0.2) is 0 Å². The van der Waals surface area contributed by atoms with Gasteiger partial charge in [-0.3, -0.25) is 0 Å². The van der Waals surface area contributed by atoms with Gasteiger partial charge < -0.3 is 15.2 Å². The van der Waals surface area contributed by atoms with Gasteiger partial charge in [0.05, 0.1) is 13.7 Å². The number of methoxy groups -OCH3 is 1. The fourth-order valence-corrected chi connectivity index (χ4v) is 1.27. The molecule has 1 rings (SSSR count). The van der Waals surface area contributed by atoms with Crippen molar-refractivity contribution in [3.8, 4) is 11.6 Å². The van der Waals surface area contributed by atoms with Crippen LogP contribution in [0.25, 0.3) is 0 Å². The molecule has 0 aliphatic carbocycles. The molecule has 0 saturated carbocycles. The van der Waals surface area contributed by atoms with Crippen molar-refractivity contribution in [1.82, 2.24) is 9.78 Å². The molecule has 1 aromatic rings. The van der Waals surface area contributed by atoms with Crippen LogP contribution in [0.15, 0.2) is 0 Å².